The lowest BCUT2D eigenvalue weighted by atomic mass is 9.82. The van der Waals surface area contributed by atoms with Gasteiger partial charge in [-0.05, 0) is 75.4 Å². The second kappa shape index (κ2) is 16.1. The molecule has 0 saturated carbocycles. The monoisotopic (exact) mass is 828 g/mol. The Hall–Kier alpha value is -5.61. The van der Waals surface area contributed by atoms with E-state index in [2.05, 4.69) is 38.2 Å². The highest BCUT2D eigenvalue weighted by Gasteiger charge is 2.47. The fourth-order valence-electron chi connectivity index (χ4n) is 8.94. The molecule has 316 valence electrons. The number of aromatic nitrogens is 6. The number of aliphatic hydroxyl groups excluding tert-OH is 1. The van der Waals surface area contributed by atoms with Crippen molar-refractivity contribution in [1.29, 1.82) is 5.26 Å². The summed E-state index contributed by atoms with van der Waals surface area (Å²) in [6.45, 7) is 7.60. The number of nitriles is 1. The molecule has 0 radical (unpaired) electrons. The molecule has 15 nitrogen and oxygen atoms in total. The summed E-state index contributed by atoms with van der Waals surface area (Å²) < 4.78 is 53.8. The molecule has 0 aliphatic carbocycles. The lowest BCUT2D eigenvalue weighted by Gasteiger charge is -2.39. The minimum atomic E-state index is -4.75. The summed E-state index contributed by atoms with van der Waals surface area (Å²) in [5.74, 6) is 0.861. The average Bonchev–Trinajstić information content (AvgIpc) is 4.04. The maximum Gasteiger partial charge on any atom is 0.417 e. The summed E-state index contributed by atoms with van der Waals surface area (Å²) in [4.78, 5) is 27.2. The van der Waals surface area contributed by atoms with Gasteiger partial charge in [-0.3, -0.25) is 9.89 Å². The van der Waals surface area contributed by atoms with Gasteiger partial charge >= 0.3 is 6.18 Å². The van der Waals surface area contributed by atoms with E-state index in [1.54, 1.807) is 41.3 Å². The van der Waals surface area contributed by atoms with Crippen molar-refractivity contribution in [2.24, 2.45) is 0 Å². The topological polar surface area (TPSA) is 182 Å². The number of nitrogens with one attached hydrogen (secondary N) is 1. The van der Waals surface area contributed by atoms with Crippen LogP contribution in [0.2, 0.25) is 0 Å². The Bertz CT molecular complexity index is 2410. The van der Waals surface area contributed by atoms with Crippen LogP contribution < -0.4 is 14.7 Å². The third kappa shape index (κ3) is 7.78. The number of aliphatic hydroxyl groups is 2. The molecule has 4 saturated heterocycles. The van der Waals surface area contributed by atoms with E-state index in [9.17, 15) is 33.4 Å². The van der Waals surface area contributed by atoms with E-state index in [1.807, 2.05) is 19.1 Å². The highest BCUT2D eigenvalue weighted by molar-refractivity contribution is 5.99. The first kappa shape index (κ1) is 41.1. The molecule has 5 aromatic rings. The van der Waals surface area contributed by atoms with Gasteiger partial charge in [0, 0.05) is 55.8 Å². The van der Waals surface area contributed by atoms with Crippen molar-refractivity contribution >= 4 is 34.3 Å². The first-order valence-corrected chi connectivity index (χ1v) is 20.0. The van der Waals surface area contributed by atoms with Gasteiger partial charge in [0.1, 0.15) is 29.3 Å². The van der Waals surface area contributed by atoms with Crippen LogP contribution in [0.25, 0.3) is 16.9 Å². The largest absolute Gasteiger partial charge is 0.417 e. The fraction of sp³-hybridized carbons (Fsp3) is 0.476. The zero-order chi connectivity index (χ0) is 42.5. The molecule has 5 unspecified atom stereocenters. The van der Waals surface area contributed by atoms with Crippen molar-refractivity contribution in [3.63, 3.8) is 0 Å². The van der Waals surface area contributed by atoms with Gasteiger partial charge in [-0.2, -0.15) is 33.3 Å². The van der Waals surface area contributed by atoms with Crippen LogP contribution in [0.3, 0.4) is 0 Å². The van der Waals surface area contributed by atoms with Gasteiger partial charge in [-0.25, -0.2) is 9.97 Å². The van der Waals surface area contributed by atoms with E-state index in [-0.39, 0.29) is 42.7 Å². The third-order valence-corrected chi connectivity index (χ3v) is 11.9. The molecule has 4 aromatic heterocycles. The summed E-state index contributed by atoms with van der Waals surface area (Å²) in [5, 5.41) is 44.2. The van der Waals surface area contributed by atoms with Crippen molar-refractivity contribution < 1.29 is 37.7 Å². The maximum absolute atomic E-state index is 13.5. The smallest absolute Gasteiger partial charge is 0.390 e. The molecule has 18 heteroatoms. The zero-order valence-corrected chi connectivity index (χ0v) is 33.7. The molecule has 5 atom stereocenters. The number of ether oxygens (including phenoxy) is 2. The number of alkyl halides is 3. The van der Waals surface area contributed by atoms with Crippen LogP contribution in [0.15, 0.2) is 54.9 Å². The Labute approximate surface area is 344 Å². The van der Waals surface area contributed by atoms with Crippen molar-refractivity contribution in [2.45, 2.75) is 95.0 Å². The van der Waals surface area contributed by atoms with Gasteiger partial charge in [-0.15, -0.1) is 0 Å². The number of halogens is 3. The number of anilines is 3. The minimum Gasteiger partial charge on any atom is -0.390 e. The highest BCUT2D eigenvalue weighted by atomic mass is 19.4. The number of likely N-dealkylation sites (N-methyl/N-ethyl adjacent to an activating group) is 1. The normalized spacial score (nSPS) is 25.2. The number of amides is 1. The molecule has 4 aliphatic heterocycles. The standard InChI is InChI=1S/C21H21F3N4O2.C21H26N6O3/c1-12-5-4-6-14(9-12)27(3)20(30)18-17(29)7-8-28(18)19-15(11-25)16(21(22,23)24)10-13(2)26-19;1-13-12-29-7-6-26(13)19-8-17(21(28)9-14-2-3-15(10-21)30-14)16-11-23-27(20(16)24-19)18-4-5-22-25-18/h4-6,9-10,17-18,29H,7-8H2,1-3H3;4-5,8,11,13-15,28H,2-3,6-7,9-10,12H2,1H3,(H,22,25). The number of H-pyrrole nitrogens is 1. The number of fused-ring (bicyclic) bond motifs is 3. The third-order valence-electron chi connectivity index (χ3n) is 11.9. The Balaban J connectivity index is 0.000000166. The van der Waals surface area contributed by atoms with E-state index < -0.39 is 41.0 Å². The van der Waals surface area contributed by atoms with E-state index in [0.717, 1.165) is 59.2 Å². The number of hydrogen-bond acceptors (Lipinski definition) is 12. The number of benzene rings is 1. The molecule has 1 aromatic carbocycles. The number of pyridine rings is 2. The molecular weight excluding hydrogens is 782 g/mol. The van der Waals surface area contributed by atoms with Crippen LogP contribution >= 0.6 is 0 Å². The van der Waals surface area contributed by atoms with Crippen LogP contribution in [-0.4, -0.2) is 110 Å². The van der Waals surface area contributed by atoms with Gasteiger partial charge in [0.15, 0.2) is 11.5 Å². The second-order valence-corrected chi connectivity index (χ2v) is 16.1. The number of aryl methyl sites for hydroxylation is 2. The van der Waals surface area contributed by atoms with Crippen LogP contribution in [0, 0.1) is 25.2 Å². The van der Waals surface area contributed by atoms with Gasteiger partial charge in [0.25, 0.3) is 5.91 Å². The second-order valence-electron chi connectivity index (χ2n) is 16.1. The Morgan fingerprint density at radius 1 is 1.07 bits per heavy atom. The zero-order valence-electron chi connectivity index (χ0n) is 33.7. The minimum absolute atomic E-state index is 0.0657. The molecular formula is C42H47F3N10O5. The molecule has 0 spiro atoms. The SMILES string of the molecule is CC1COCCN1c1cc(C2(O)CC3CCC(C2)O3)c2cnn(-c3ccn[nH]3)c2n1.Cc1cccc(N(C)C(=O)C2C(O)CCN2c2nc(C)cc(C(F)(F)F)c2C#N)c1. The first-order valence-electron chi connectivity index (χ1n) is 20.0. The summed E-state index contributed by atoms with van der Waals surface area (Å²) in [7, 11) is 1.54. The summed E-state index contributed by atoms with van der Waals surface area (Å²) in [6.07, 6.45) is 1.30. The fourth-order valence-corrected chi connectivity index (χ4v) is 8.94. The summed E-state index contributed by atoms with van der Waals surface area (Å²) >= 11 is 0. The quantitative estimate of drug-likeness (QED) is 0.207. The number of aromatic amines is 1. The average molecular weight is 829 g/mol. The van der Waals surface area contributed by atoms with Crippen LogP contribution in [-0.2, 0) is 26.0 Å². The lowest BCUT2D eigenvalue weighted by Crippen LogP contribution is -2.49. The molecule has 8 heterocycles. The van der Waals surface area contributed by atoms with Gasteiger partial charge in [-0.1, -0.05) is 12.1 Å². The first-order chi connectivity index (χ1) is 28.6. The predicted molar refractivity (Wildman–Crippen MR) is 215 cm³/mol. The van der Waals surface area contributed by atoms with Crippen molar-refractivity contribution in [3.05, 3.63) is 82.8 Å². The molecule has 4 fully saturated rings. The van der Waals surface area contributed by atoms with Crippen LogP contribution in [0.5, 0.6) is 0 Å². The number of carbonyl (C=O) groups excluding carboxylic acids is 1. The van der Waals surface area contributed by atoms with Gasteiger partial charge in [0.2, 0.25) is 0 Å². The van der Waals surface area contributed by atoms with E-state index in [1.165, 1.54) is 23.8 Å². The molecule has 2 bridgehead atoms. The van der Waals surface area contributed by atoms with E-state index in [0.29, 0.717) is 31.7 Å². The van der Waals surface area contributed by atoms with Crippen molar-refractivity contribution in [1.82, 2.24) is 29.9 Å². The summed E-state index contributed by atoms with van der Waals surface area (Å²) in [5.41, 5.74) is 0.494. The van der Waals surface area contributed by atoms with Gasteiger partial charge in [0.05, 0.1) is 61.1 Å². The number of rotatable bonds is 6. The predicted octanol–water partition coefficient (Wildman–Crippen LogP) is 5.09. The van der Waals surface area contributed by atoms with Crippen LogP contribution in [0.1, 0.15) is 67.0 Å². The Morgan fingerprint density at radius 3 is 2.50 bits per heavy atom. The van der Waals surface area contributed by atoms with Gasteiger partial charge < -0.3 is 34.4 Å². The Morgan fingerprint density at radius 2 is 1.83 bits per heavy atom. The number of carbonyl (C=O) groups is 1. The Kier molecular flexibility index (Phi) is 11.0. The number of morpholine rings is 1. The van der Waals surface area contributed by atoms with Crippen molar-refractivity contribution in [3.8, 4) is 11.9 Å². The van der Waals surface area contributed by atoms with E-state index >= 15 is 0 Å². The maximum atomic E-state index is 13.5. The summed E-state index contributed by atoms with van der Waals surface area (Å²) in [6, 6.07) is 12.5. The molecule has 9 rings (SSSR count). The highest BCUT2D eigenvalue weighted by Crippen LogP contribution is 2.47. The molecule has 4 aliphatic rings. The van der Waals surface area contributed by atoms with E-state index in [4.69, 9.17) is 14.5 Å². The lowest BCUT2D eigenvalue weighted by molar-refractivity contribution is -0.137. The molecule has 1 amide bonds. The molecule has 60 heavy (non-hydrogen) atoms. The molecule has 3 N–H and O–H groups in total. The number of hydrogen-bond donors (Lipinski definition) is 3. The number of nitrogens with zero attached hydrogens (tertiary/aromatic N) is 9. The van der Waals surface area contributed by atoms with Crippen molar-refractivity contribution in [2.75, 3.05) is 48.1 Å². The van der Waals surface area contributed by atoms with Crippen LogP contribution in [0.4, 0.5) is 30.5 Å².